The number of carbonyl (C=O) groups excluding carboxylic acids is 1. The highest BCUT2D eigenvalue weighted by Gasteiger charge is 2.12. The molecule has 0 unspecified atom stereocenters. The Balaban J connectivity index is 1.38. The average Bonchev–Trinajstić information content (AvgIpc) is 3.17. The van der Waals surface area contributed by atoms with E-state index in [-0.39, 0.29) is 5.91 Å². The normalized spacial score (nSPS) is 11.0. The number of ether oxygens (including phenoxy) is 1. The van der Waals surface area contributed by atoms with E-state index in [1.807, 2.05) is 36.4 Å². The number of imidazole rings is 1. The molecular weight excluding hydrogens is 478 g/mol. The number of halogens is 1. The number of amides is 1. The topological polar surface area (TPSA) is 56.1 Å². The first-order valence-electron chi connectivity index (χ1n) is 11.2. The van der Waals surface area contributed by atoms with E-state index < -0.39 is 0 Å². The van der Waals surface area contributed by atoms with Gasteiger partial charge in [-0.1, -0.05) is 46.3 Å². The van der Waals surface area contributed by atoms with Crippen molar-refractivity contribution in [3.63, 3.8) is 0 Å². The molecule has 1 heterocycles. The van der Waals surface area contributed by atoms with Crippen LogP contribution >= 0.6 is 15.9 Å². The van der Waals surface area contributed by atoms with Crippen LogP contribution < -0.4 is 10.1 Å². The summed E-state index contributed by atoms with van der Waals surface area (Å²) in [5, 5.41) is 3.01. The Bertz CT molecular complexity index is 1270. The van der Waals surface area contributed by atoms with Gasteiger partial charge in [0.2, 0.25) is 0 Å². The van der Waals surface area contributed by atoms with Gasteiger partial charge in [-0.2, -0.15) is 0 Å². The molecule has 33 heavy (non-hydrogen) atoms. The van der Waals surface area contributed by atoms with Gasteiger partial charge >= 0.3 is 0 Å². The number of hydrogen-bond acceptors (Lipinski definition) is 3. The average molecular weight is 506 g/mol. The van der Waals surface area contributed by atoms with Gasteiger partial charge in [-0.25, -0.2) is 4.98 Å². The van der Waals surface area contributed by atoms with Gasteiger partial charge in [-0.05, 0) is 74.2 Å². The van der Waals surface area contributed by atoms with Gasteiger partial charge < -0.3 is 14.6 Å². The van der Waals surface area contributed by atoms with Crippen molar-refractivity contribution >= 4 is 32.9 Å². The molecule has 6 heteroatoms. The van der Waals surface area contributed by atoms with Crippen molar-refractivity contribution in [3.8, 4) is 5.75 Å². The zero-order valence-corrected chi connectivity index (χ0v) is 20.6. The van der Waals surface area contributed by atoms with Crippen molar-refractivity contribution in [2.45, 2.75) is 39.8 Å². The van der Waals surface area contributed by atoms with Crippen molar-refractivity contribution in [2.75, 3.05) is 6.61 Å². The van der Waals surface area contributed by atoms with Crippen LogP contribution in [-0.4, -0.2) is 22.1 Å². The Hall–Kier alpha value is -3.12. The van der Waals surface area contributed by atoms with Gasteiger partial charge in [-0.15, -0.1) is 0 Å². The molecule has 0 aliphatic heterocycles. The minimum atomic E-state index is -0.114. The van der Waals surface area contributed by atoms with Gasteiger partial charge in [-0.3, -0.25) is 4.79 Å². The molecule has 0 spiro atoms. The molecule has 1 aromatic heterocycles. The molecule has 4 aromatic rings. The monoisotopic (exact) mass is 505 g/mol. The first-order valence-corrected chi connectivity index (χ1v) is 12.0. The van der Waals surface area contributed by atoms with E-state index in [9.17, 15) is 4.79 Å². The summed E-state index contributed by atoms with van der Waals surface area (Å²) < 4.78 is 9.09. The molecule has 0 saturated carbocycles. The van der Waals surface area contributed by atoms with E-state index in [0.29, 0.717) is 18.7 Å². The maximum atomic E-state index is 12.6. The van der Waals surface area contributed by atoms with Crippen LogP contribution in [0.1, 0.15) is 40.2 Å². The van der Waals surface area contributed by atoms with Crippen LogP contribution in [0.3, 0.4) is 0 Å². The third-order valence-corrected chi connectivity index (χ3v) is 6.10. The first kappa shape index (κ1) is 23.1. The van der Waals surface area contributed by atoms with Crippen molar-refractivity contribution in [1.29, 1.82) is 0 Å². The molecule has 4 rings (SSSR count). The fraction of sp³-hybridized carbons (Fsp3) is 0.259. The quantitative estimate of drug-likeness (QED) is 0.275. The predicted octanol–water partition coefficient (Wildman–Crippen LogP) is 6.20. The lowest BCUT2D eigenvalue weighted by molar-refractivity contribution is 0.0949. The number of aryl methyl sites for hydroxylation is 3. The standard InChI is InChI=1S/C27H28BrN3O2/c1-19-12-13-20(2)25(16-19)33-15-6-5-14-31-24-11-4-3-10-23(24)30-26(31)18-29-27(32)21-8-7-9-22(28)17-21/h3-4,7-13,16-17H,5-6,14-15,18H2,1-2H3,(H,29,32). The number of aromatic nitrogens is 2. The smallest absolute Gasteiger partial charge is 0.251 e. The lowest BCUT2D eigenvalue weighted by Crippen LogP contribution is -2.24. The number of rotatable bonds is 9. The highest BCUT2D eigenvalue weighted by atomic mass is 79.9. The highest BCUT2D eigenvalue weighted by Crippen LogP contribution is 2.20. The molecule has 0 saturated heterocycles. The Kier molecular flexibility index (Phi) is 7.45. The number of para-hydroxylation sites is 2. The van der Waals surface area contributed by atoms with Crippen LogP contribution in [0.25, 0.3) is 11.0 Å². The predicted molar refractivity (Wildman–Crippen MR) is 136 cm³/mol. The van der Waals surface area contributed by atoms with E-state index in [1.165, 1.54) is 5.56 Å². The summed E-state index contributed by atoms with van der Waals surface area (Å²) in [6, 6.07) is 21.8. The number of nitrogens with zero attached hydrogens (tertiary/aromatic N) is 2. The first-order chi connectivity index (χ1) is 16.0. The molecule has 170 valence electrons. The second kappa shape index (κ2) is 10.7. The third-order valence-electron chi connectivity index (χ3n) is 5.60. The van der Waals surface area contributed by atoms with Gasteiger partial charge in [0, 0.05) is 16.6 Å². The van der Waals surface area contributed by atoms with E-state index in [2.05, 4.69) is 63.9 Å². The van der Waals surface area contributed by atoms with Crippen LogP contribution in [0, 0.1) is 13.8 Å². The SMILES string of the molecule is Cc1ccc(C)c(OCCCCn2c(CNC(=O)c3cccc(Br)c3)nc3ccccc32)c1. The minimum Gasteiger partial charge on any atom is -0.493 e. The van der Waals surface area contributed by atoms with Gasteiger partial charge in [0.25, 0.3) is 5.91 Å². The molecule has 0 atom stereocenters. The molecule has 1 N–H and O–H groups in total. The van der Waals surface area contributed by atoms with Crippen LogP contribution in [0.4, 0.5) is 0 Å². The third kappa shape index (κ3) is 5.82. The summed E-state index contributed by atoms with van der Waals surface area (Å²) in [6.45, 7) is 6.01. The summed E-state index contributed by atoms with van der Waals surface area (Å²) in [6.07, 6.45) is 1.89. The summed E-state index contributed by atoms with van der Waals surface area (Å²) in [4.78, 5) is 17.4. The van der Waals surface area contributed by atoms with E-state index in [0.717, 1.165) is 52.0 Å². The second-order valence-electron chi connectivity index (χ2n) is 8.19. The molecule has 1 amide bonds. The molecule has 0 fully saturated rings. The largest absolute Gasteiger partial charge is 0.493 e. The van der Waals surface area contributed by atoms with Gasteiger partial charge in [0.05, 0.1) is 24.2 Å². The summed E-state index contributed by atoms with van der Waals surface area (Å²) in [5.41, 5.74) is 5.01. The van der Waals surface area contributed by atoms with E-state index in [4.69, 9.17) is 9.72 Å². The number of unbranched alkanes of at least 4 members (excludes halogenated alkanes) is 1. The number of nitrogens with one attached hydrogen (secondary N) is 1. The maximum Gasteiger partial charge on any atom is 0.251 e. The zero-order valence-electron chi connectivity index (χ0n) is 19.0. The zero-order chi connectivity index (χ0) is 23.2. The molecule has 3 aromatic carbocycles. The van der Waals surface area contributed by atoms with Crippen LogP contribution in [-0.2, 0) is 13.1 Å². The molecule has 5 nitrogen and oxygen atoms in total. The number of hydrogen-bond donors (Lipinski definition) is 1. The van der Waals surface area contributed by atoms with Gasteiger partial charge in [0.15, 0.2) is 0 Å². The molecule has 0 aliphatic carbocycles. The molecular formula is C27H28BrN3O2. The summed E-state index contributed by atoms with van der Waals surface area (Å²) in [7, 11) is 0. The number of carbonyl (C=O) groups is 1. The number of benzene rings is 3. The molecule has 0 aliphatic rings. The highest BCUT2D eigenvalue weighted by molar-refractivity contribution is 9.10. The fourth-order valence-electron chi connectivity index (χ4n) is 3.82. The summed E-state index contributed by atoms with van der Waals surface area (Å²) >= 11 is 3.42. The van der Waals surface area contributed by atoms with Gasteiger partial charge in [0.1, 0.15) is 11.6 Å². The van der Waals surface area contributed by atoms with Crippen molar-refractivity contribution < 1.29 is 9.53 Å². The Labute approximate surface area is 202 Å². The maximum absolute atomic E-state index is 12.6. The Morgan fingerprint density at radius 2 is 1.88 bits per heavy atom. The Morgan fingerprint density at radius 3 is 2.73 bits per heavy atom. The molecule has 0 radical (unpaired) electrons. The lowest BCUT2D eigenvalue weighted by Gasteiger charge is -2.12. The molecule has 0 bridgehead atoms. The van der Waals surface area contributed by atoms with E-state index >= 15 is 0 Å². The van der Waals surface area contributed by atoms with Crippen molar-refractivity contribution in [1.82, 2.24) is 14.9 Å². The van der Waals surface area contributed by atoms with E-state index in [1.54, 1.807) is 6.07 Å². The number of fused-ring (bicyclic) bond motifs is 1. The van der Waals surface area contributed by atoms with Crippen molar-refractivity contribution in [2.24, 2.45) is 0 Å². The van der Waals surface area contributed by atoms with Crippen LogP contribution in [0.15, 0.2) is 71.2 Å². The second-order valence-corrected chi connectivity index (χ2v) is 9.10. The van der Waals surface area contributed by atoms with Crippen molar-refractivity contribution in [3.05, 3.63) is 93.7 Å². The minimum absolute atomic E-state index is 0.114. The van der Waals surface area contributed by atoms with Crippen LogP contribution in [0.5, 0.6) is 5.75 Å². The Morgan fingerprint density at radius 1 is 1.03 bits per heavy atom. The fourth-order valence-corrected chi connectivity index (χ4v) is 4.22. The van der Waals surface area contributed by atoms with Crippen LogP contribution in [0.2, 0.25) is 0 Å². The summed E-state index contributed by atoms with van der Waals surface area (Å²) in [5.74, 6) is 1.70. The lowest BCUT2D eigenvalue weighted by atomic mass is 10.1.